The molecule has 8 nitrogen and oxygen atoms in total. The number of aromatic nitrogens is 3. The lowest BCUT2D eigenvalue weighted by atomic mass is 9.71. The van der Waals surface area contributed by atoms with E-state index in [4.69, 9.17) is 4.74 Å². The van der Waals surface area contributed by atoms with E-state index < -0.39 is 39.4 Å². The molecule has 1 fully saturated rings. The van der Waals surface area contributed by atoms with Crippen molar-refractivity contribution in [2.75, 3.05) is 11.8 Å². The highest BCUT2D eigenvalue weighted by atomic mass is 32.2. The first-order valence-corrected chi connectivity index (χ1v) is 12.9. The van der Waals surface area contributed by atoms with Gasteiger partial charge in [-0.05, 0) is 60.7 Å². The largest absolute Gasteiger partial charge is 0.495 e. The van der Waals surface area contributed by atoms with Gasteiger partial charge in [0.25, 0.3) is 15.6 Å². The highest BCUT2D eigenvalue weighted by molar-refractivity contribution is 7.92. The minimum absolute atomic E-state index is 0.0301. The maximum Gasteiger partial charge on any atom is 0.391 e. The van der Waals surface area contributed by atoms with Crippen molar-refractivity contribution in [1.29, 1.82) is 0 Å². The molecule has 0 unspecified atom stereocenters. The Bertz CT molecular complexity index is 1690. The molecule has 0 radical (unpaired) electrons. The molecule has 5 rings (SSSR count). The fraction of sp³-hybridized carbons (Fsp3) is 0.240. The average molecular weight is 549 g/mol. The van der Waals surface area contributed by atoms with Gasteiger partial charge < -0.3 is 4.74 Å². The van der Waals surface area contributed by atoms with Crippen molar-refractivity contribution in [3.05, 3.63) is 82.7 Å². The highest BCUT2D eigenvalue weighted by Gasteiger charge is 2.48. The molecule has 0 saturated heterocycles. The van der Waals surface area contributed by atoms with Crippen LogP contribution in [-0.4, -0.2) is 36.2 Å². The smallest absolute Gasteiger partial charge is 0.391 e. The zero-order valence-corrected chi connectivity index (χ0v) is 20.6. The molecule has 198 valence electrons. The Kier molecular flexibility index (Phi) is 6.33. The number of fused-ring (bicyclic) bond motifs is 1. The highest BCUT2D eigenvalue weighted by Crippen LogP contribution is 2.50. The number of hydrogen-bond donors (Lipinski definition) is 1. The van der Waals surface area contributed by atoms with Crippen LogP contribution in [0, 0.1) is 11.7 Å². The van der Waals surface area contributed by atoms with Crippen LogP contribution in [0.25, 0.3) is 16.6 Å². The molecule has 13 heteroatoms. The molecule has 0 bridgehead atoms. The van der Waals surface area contributed by atoms with Crippen LogP contribution in [0.1, 0.15) is 24.3 Å². The number of ether oxygens (including phenoxy) is 1. The van der Waals surface area contributed by atoms with Crippen LogP contribution in [-0.2, 0) is 10.0 Å². The van der Waals surface area contributed by atoms with Gasteiger partial charge in [-0.2, -0.15) is 13.2 Å². The van der Waals surface area contributed by atoms with E-state index in [1.165, 1.54) is 62.0 Å². The van der Waals surface area contributed by atoms with Crippen molar-refractivity contribution in [2.45, 2.75) is 29.8 Å². The summed E-state index contributed by atoms with van der Waals surface area (Å²) in [4.78, 5) is 20.4. The van der Waals surface area contributed by atoms with E-state index in [9.17, 15) is 26.4 Å². The van der Waals surface area contributed by atoms with E-state index in [0.717, 1.165) is 10.6 Å². The Balaban J connectivity index is 1.54. The monoisotopic (exact) mass is 548 g/mol. The van der Waals surface area contributed by atoms with Crippen LogP contribution in [0.2, 0.25) is 0 Å². The lowest BCUT2D eigenvalue weighted by molar-refractivity contribution is -0.197. The van der Waals surface area contributed by atoms with Gasteiger partial charge in [0.2, 0.25) is 5.95 Å². The third-order valence-corrected chi connectivity index (χ3v) is 7.87. The van der Waals surface area contributed by atoms with Gasteiger partial charge in [-0.15, -0.1) is 0 Å². The van der Waals surface area contributed by atoms with Gasteiger partial charge in [0.15, 0.2) is 0 Å². The number of sulfonamides is 1. The van der Waals surface area contributed by atoms with Gasteiger partial charge in [0, 0.05) is 29.9 Å². The van der Waals surface area contributed by atoms with Crippen molar-refractivity contribution in [2.24, 2.45) is 5.92 Å². The number of alkyl halides is 3. The number of halogens is 4. The number of anilines is 1. The minimum atomic E-state index is -4.33. The number of nitrogens with zero attached hydrogens (tertiary/aromatic N) is 3. The van der Waals surface area contributed by atoms with E-state index in [0.29, 0.717) is 5.39 Å². The summed E-state index contributed by atoms with van der Waals surface area (Å²) in [6.45, 7) is 0. The van der Waals surface area contributed by atoms with Crippen molar-refractivity contribution in [1.82, 2.24) is 14.5 Å². The SMILES string of the molecule is COc1cc(C2CC(C(F)(F)F)C2)c(F)cc1-n1c(=O)ccc2cc(S(=O)(=O)Nc3ncccn3)ccc21. The van der Waals surface area contributed by atoms with Crippen LogP contribution < -0.4 is 15.0 Å². The normalized spacial score (nSPS) is 17.7. The molecule has 4 aromatic rings. The van der Waals surface area contributed by atoms with E-state index >= 15 is 4.39 Å². The summed E-state index contributed by atoms with van der Waals surface area (Å²) >= 11 is 0. The molecule has 2 heterocycles. The number of nitrogens with one attached hydrogen (secondary N) is 1. The molecule has 38 heavy (non-hydrogen) atoms. The second-order valence-corrected chi connectivity index (χ2v) is 10.5. The van der Waals surface area contributed by atoms with Crippen LogP contribution >= 0.6 is 0 Å². The molecule has 0 atom stereocenters. The lowest BCUT2D eigenvalue weighted by Crippen LogP contribution is -2.34. The maximum atomic E-state index is 15.2. The van der Waals surface area contributed by atoms with Crippen LogP contribution in [0.4, 0.5) is 23.5 Å². The molecule has 0 aliphatic heterocycles. The molecule has 1 saturated carbocycles. The van der Waals surface area contributed by atoms with Crippen molar-refractivity contribution >= 4 is 26.9 Å². The number of benzene rings is 2. The van der Waals surface area contributed by atoms with Crippen molar-refractivity contribution in [3.63, 3.8) is 0 Å². The Labute approximate surface area is 214 Å². The Morgan fingerprint density at radius 1 is 1.05 bits per heavy atom. The third-order valence-electron chi connectivity index (χ3n) is 6.55. The summed E-state index contributed by atoms with van der Waals surface area (Å²) in [6.07, 6.45) is -2.03. The topological polar surface area (TPSA) is 103 Å². The fourth-order valence-corrected chi connectivity index (χ4v) is 5.51. The van der Waals surface area contributed by atoms with Gasteiger partial charge in [-0.1, -0.05) is 0 Å². The summed E-state index contributed by atoms with van der Waals surface area (Å²) in [5.41, 5.74) is -0.168. The summed E-state index contributed by atoms with van der Waals surface area (Å²) in [5.74, 6) is -2.90. The molecular weight excluding hydrogens is 528 g/mol. The zero-order chi connectivity index (χ0) is 27.2. The number of pyridine rings is 1. The number of rotatable bonds is 6. The number of methoxy groups -OCH3 is 1. The van der Waals surface area contributed by atoms with Gasteiger partial charge >= 0.3 is 6.18 Å². The second kappa shape index (κ2) is 9.39. The first-order valence-electron chi connectivity index (χ1n) is 11.4. The first kappa shape index (κ1) is 25.6. The summed E-state index contributed by atoms with van der Waals surface area (Å²) in [5, 5.41) is 0.347. The number of hydrogen-bond acceptors (Lipinski definition) is 6. The van der Waals surface area contributed by atoms with Crippen LogP contribution in [0.15, 0.2) is 70.6 Å². The summed E-state index contributed by atoms with van der Waals surface area (Å²) in [6, 6.07) is 10.5. The predicted molar refractivity (Wildman–Crippen MR) is 130 cm³/mol. The fourth-order valence-electron chi connectivity index (χ4n) is 4.52. The third kappa shape index (κ3) is 4.69. The van der Waals surface area contributed by atoms with Crippen molar-refractivity contribution < 1.29 is 30.7 Å². The molecule has 1 aliphatic carbocycles. The average Bonchev–Trinajstić information content (AvgIpc) is 2.83. The lowest BCUT2D eigenvalue weighted by Gasteiger charge is -2.37. The van der Waals surface area contributed by atoms with Crippen molar-refractivity contribution in [3.8, 4) is 11.4 Å². The summed E-state index contributed by atoms with van der Waals surface area (Å²) < 4.78 is 88.4. The van der Waals surface area contributed by atoms with E-state index in [-0.39, 0.29) is 46.2 Å². The molecule has 0 spiro atoms. The molecule has 2 aromatic carbocycles. The Morgan fingerprint density at radius 2 is 1.76 bits per heavy atom. The molecular formula is C25H20F4N4O4S. The molecule has 1 aliphatic rings. The molecule has 1 N–H and O–H groups in total. The van der Waals surface area contributed by atoms with Gasteiger partial charge in [0.1, 0.15) is 11.6 Å². The second-order valence-electron chi connectivity index (χ2n) is 8.86. The molecule has 2 aromatic heterocycles. The predicted octanol–water partition coefficient (Wildman–Crippen LogP) is 4.79. The van der Waals surface area contributed by atoms with E-state index in [2.05, 4.69) is 14.7 Å². The zero-order valence-electron chi connectivity index (χ0n) is 19.7. The maximum absolute atomic E-state index is 15.2. The van der Waals surface area contributed by atoms with E-state index in [1.807, 2.05) is 0 Å². The molecule has 0 amide bonds. The summed E-state index contributed by atoms with van der Waals surface area (Å²) in [7, 11) is -2.76. The standard InChI is InChI=1S/C25H20F4N4O4S/c1-37-22-12-18(15-9-16(10-15)25(27,28)29)19(26)13-21(22)33-20-5-4-17(11-14(20)3-6-23(33)34)38(35,36)32-24-30-7-2-8-31-24/h2-8,11-13,15-16H,9-10H2,1H3,(H,30,31,32). The first-order chi connectivity index (χ1) is 18.0. The van der Waals surface area contributed by atoms with Crippen LogP contribution in [0.3, 0.4) is 0 Å². The Hall–Kier alpha value is -4.00. The quantitative estimate of drug-likeness (QED) is 0.348. The van der Waals surface area contributed by atoms with Gasteiger partial charge in [0.05, 0.1) is 29.1 Å². The Morgan fingerprint density at radius 3 is 2.42 bits per heavy atom. The van der Waals surface area contributed by atoms with Gasteiger partial charge in [-0.25, -0.2) is 27.5 Å². The minimum Gasteiger partial charge on any atom is -0.495 e. The van der Waals surface area contributed by atoms with Crippen LogP contribution in [0.5, 0.6) is 5.75 Å². The van der Waals surface area contributed by atoms with Gasteiger partial charge in [-0.3, -0.25) is 9.36 Å². The van der Waals surface area contributed by atoms with E-state index in [1.54, 1.807) is 0 Å².